The van der Waals surface area contributed by atoms with Gasteiger partial charge in [0.25, 0.3) is 0 Å². The van der Waals surface area contributed by atoms with Crippen molar-refractivity contribution in [2.24, 2.45) is 11.5 Å². The summed E-state index contributed by atoms with van der Waals surface area (Å²) in [7, 11) is 3.58. The van der Waals surface area contributed by atoms with Gasteiger partial charge in [-0.25, -0.2) is 0 Å². The Hall–Kier alpha value is 0.580. The van der Waals surface area contributed by atoms with Gasteiger partial charge in [0.2, 0.25) is 0 Å². The summed E-state index contributed by atoms with van der Waals surface area (Å²) in [5.41, 5.74) is 10.5. The first-order valence-corrected chi connectivity index (χ1v) is 5.05. The maximum atomic E-state index is 5.25. The van der Waals surface area contributed by atoms with Gasteiger partial charge in [0.1, 0.15) is 0 Å². The molecule has 6 N–H and O–H groups in total. The molecule has 0 unspecified atom stereocenters. The number of hydrogen-bond donors (Lipinski definition) is 2. The highest BCUT2D eigenvalue weighted by Gasteiger charge is 1.84. The first-order valence-electron chi connectivity index (χ1n) is 2.56. The lowest BCUT2D eigenvalue weighted by molar-refractivity contribution is 0.824. The van der Waals surface area contributed by atoms with Crippen molar-refractivity contribution < 1.29 is 5.48 Å². The molecule has 0 amide bonds. The van der Waals surface area contributed by atoms with Gasteiger partial charge in [0.15, 0.2) is 0 Å². The third-order valence-electron chi connectivity index (χ3n) is 0.486. The van der Waals surface area contributed by atoms with Gasteiger partial charge < -0.3 is 16.9 Å². The van der Waals surface area contributed by atoms with Gasteiger partial charge in [-0.1, -0.05) is 21.6 Å². The zero-order chi connectivity index (χ0) is 6.24. The fourth-order valence-corrected chi connectivity index (χ4v) is 1.93. The van der Waals surface area contributed by atoms with E-state index in [0.29, 0.717) is 0 Å². The molecule has 0 heterocycles. The fourth-order valence-electron chi connectivity index (χ4n) is 0.214. The minimum absolute atomic E-state index is 0. The highest BCUT2D eigenvalue weighted by Crippen LogP contribution is 2.18. The van der Waals surface area contributed by atoms with Crippen molar-refractivity contribution in [3.63, 3.8) is 0 Å². The third kappa shape index (κ3) is 11.9. The van der Waals surface area contributed by atoms with Gasteiger partial charge in [0.05, 0.1) is 0 Å². The highest BCUT2D eigenvalue weighted by atomic mass is 33.1. The Balaban J connectivity index is 0. The molecule has 0 saturated heterocycles. The zero-order valence-electron chi connectivity index (χ0n) is 5.30. The average Bonchev–Trinajstić information content (AvgIpc) is 1.81. The lowest BCUT2D eigenvalue weighted by atomic mass is 10.8. The summed E-state index contributed by atoms with van der Waals surface area (Å²) >= 11 is 0. The molecule has 0 fully saturated rings. The molecule has 5 heteroatoms. The van der Waals surface area contributed by atoms with E-state index in [9.17, 15) is 0 Å². The van der Waals surface area contributed by atoms with Crippen LogP contribution in [0.5, 0.6) is 0 Å². The van der Waals surface area contributed by atoms with Crippen LogP contribution in [0.1, 0.15) is 0 Å². The Morgan fingerprint density at radius 3 is 1.44 bits per heavy atom. The van der Waals surface area contributed by atoms with Gasteiger partial charge in [-0.05, 0) is 0 Å². The van der Waals surface area contributed by atoms with Crippen LogP contribution in [0.2, 0.25) is 0 Å². The molecule has 0 aromatic carbocycles. The van der Waals surface area contributed by atoms with Crippen LogP contribution in [0, 0.1) is 0 Å². The van der Waals surface area contributed by atoms with Crippen LogP contribution >= 0.6 is 21.6 Å². The number of nitrogens with two attached hydrogens (primary N) is 2. The quantitative estimate of drug-likeness (QED) is 0.429. The topological polar surface area (TPSA) is 83.5 Å². The van der Waals surface area contributed by atoms with Crippen molar-refractivity contribution in [1.29, 1.82) is 0 Å². The Labute approximate surface area is 63.6 Å². The van der Waals surface area contributed by atoms with Gasteiger partial charge in [-0.3, -0.25) is 0 Å². The Morgan fingerprint density at radius 2 is 1.22 bits per heavy atom. The predicted octanol–water partition coefficient (Wildman–Crippen LogP) is -0.540. The summed E-state index contributed by atoms with van der Waals surface area (Å²) in [6, 6.07) is 0. The van der Waals surface area contributed by atoms with Crippen molar-refractivity contribution >= 4 is 21.6 Å². The van der Waals surface area contributed by atoms with Crippen LogP contribution < -0.4 is 11.5 Å². The lowest BCUT2D eigenvalue weighted by Gasteiger charge is -1.93. The SMILES string of the molecule is NCCSSCCN.O. The molecule has 0 atom stereocenters. The molecule has 0 aliphatic heterocycles. The van der Waals surface area contributed by atoms with Gasteiger partial charge in [-0.2, -0.15) is 0 Å². The first-order chi connectivity index (χ1) is 3.91. The lowest BCUT2D eigenvalue weighted by Crippen LogP contribution is -2.02. The second-order valence-corrected chi connectivity index (χ2v) is 3.92. The van der Waals surface area contributed by atoms with Crippen LogP contribution in [-0.2, 0) is 0 Å². The van der Waals surface area contributed by atoms with E-state index < -0.39 is 0 Å². The average molecular weight is 170 g/mol. The van der Waals surface area contributed by atoms with Gasteiger partial charge in [0, 0.05) is 24.6 Å². The Bertz CT molecular complexity index is 41.5. The molecule has 0 spiro atoms. The molecule has 0 radical (unpaired) electrons. The molecule has 0 saturated carbocycles. The second-order valence-electron chi connectivity index (χ2n) is 1.22. The zero-order valence-corrected chi connectivity index (χ0v) is 6.93. The maximum Gasteiger partial charge on any atom is 0.0160 e. The van der Waals surface area contributed by atoms with E-state index in [1.54, 1.807) is 21.6 Å². The summed E-state index contributed by atoms with van der Waals surface area (Å²) in [5, 5.41) is 0. The van der Waals surface area contributed by atoms with Crippen LogP contribution in [-0.4, -0.2) is 30.1 Å². The van der Waals surface area contributed by atoms with E-state index in [0.717, 1.165) is 24.6 Å². The van der Waals surface area contributed by atoms with Gasteiger partial charge in [-0.15, -0.1) is 0 Å². The molecule has 0 aliphatic rings. The van der Waals surface area contributed by atoms with Crippen molar-refractivity contribution in [3.05, 3.63) is 0 Å². The van der Waals surface area contributed by atoms with Crippen molar-refractivity contribution in [2.45, 2.75) is 0 Å². The predicted molar refractivity (Wildman–Crippen MR) is 46.6 cm³/mol. The third-order valence-corrected chi connectivity index (χ3v) is 2.96. The molecule has 0 aromatic heterocycles. The van der Waals surface area contributed by atoms with Gasteiger partial charge >= 0.3 is 0 Å². The molecule has 58 valence electrons. The summed E-state index contributed by atoms with van der Waals surface area (Å²) in [5.74, 6) is 2.06. The number of rotatable bonds is 5. The standard InChI is InChI=1S/C4H12N2S2.H2O/c5-1-3-7-8-4-2-6;/h1-6H2;1H2. The fraction of sp³-hybridized carbons (Fsp3) is 1.00. The normalized spacial score (nSPS) is 8.67. The number of hydrogen-bond acceptors (Lipinski definition) is 4. The van der Waals surface area contributed by atoms with Crippen molar-refractivity contribution in [3.8, 4) is 0 Å². The van der Waals surface area contributed by atoms with Crippen molar-refractivity contribution in [1.82, 2.24) is 0 Å². The minimum Gasteiger partial charge on any atom is -0.412 e. The second kappa shape index (κ2) is 11.4. The van der Waals surface area contributed by atoms with E-state index in [1.165, 1.54) is 0 Å². The minimum atomic E-state index is 0. The molecule has 0 rings (SSSR count). The summed E-state index contributed by atoms with van der Waals surface area (Å²) in [6.07, 6.45) is 0. The molecule has 0 aromatic rings. The van der Waals surface area contributed by atoms with E-state index in [-0.39, 0.29) is 5.48 Å². The smallest absolute Gasteiger partial charge is 0.0160 e. The highest BCUT2D eigenvalue weighted by molar-refractivity contribution is 8.76. The molecule has 3 nitrogen and oxygen atoms in total. The maximum absolute atomic E-state index is 5.25. The van der Waals surface area contributed by atoms with E-state index in [1.807, 2.05) is 0 Å². The van der Waals surface area contributed by atoms with Crippen molar-refractivity contribution in [2.75, 3.05) is 24.6 Å². The molecule has 9 heavy (non-hydrogen) atoms. The molecular formula is C4H14N2OS2. The van der Waals surface area contributed by atoms with E-state index >= 15 is 0 Å². The Morgan fingerprint density at radius 1 is 0.889 bits per heavy atom. The molecule has 0 bridgehead atoms. The summed E-state index contributed by atoms with van der Waals surface area (Å²) in [4.78, 5) is 0. The molecule has 0 aliphatic carbocycles. The summed E-state index contributed by atoms with van der Waals surface area (Å²) < 4.78 is 0. The summed E-state index contributed by atoms with van der Waals surface area (Å²) in [6.45, 7) is 1.53. The monoisotopic (exact) mass is 170 g/mol. The largest absolute Gasteiger partial charge is 0.412 e. The van der Waals surface area contributed by atoms with Crippen LogP contribution in [0.3, 0.4) is 0 Å². The van der Waals surface area contributed by atoms with E-state index in [2.05, 4.69) is 0 Å². The first kappa shape index (κ1) is 12.3. The molecular weight excluding hydrogens is 156 g/mol. The van der Waals surface area contributed by atoms with Crippen LogP contribution in [0.25, 0.3) is 0 Å². The van der Waals surface area contributed by atoms with Crippen LogP contribution in [0.15, 0.2) is 0 Å². The van der Waals surface area contributed by atoms with Crippen LogP contribution in [0.4, 0.5) is 0 Å². The van der Waals surface area contributed by atoms with E-state index in [4.69, 9.17) is 11.5 Å². The Kier molecular flexibility index (Phi) is 15.5.